The molecule has 0 radical (unpaired) electrons. The van der Waals surface area contributed by atoms with Crippen molar-refractivity contribution >= 4 is 23.0 Å². The summed E-state index contributed by atoms with van der Waals surface area (Å²) < 4.78 is 7.51. The number of amides is 1. The molecule has 0 aliphatic rings. The van der Waals surface area contributed by atoms with Crippen LogP contribution < -0.4 is 10.1 Å². The van der Waals surface area contributed by atoms with Gasteiger partial charge in [0.15, 0.2) is 12.4 Å². The monoisotopic (exact) mass is 399 g/mol. The van der Waals surface area contributed by atoms with Crippen LogP contribution in [0, 0.1) is 6.92 Å². The van der Waals surface area contributed by atoms with Gasteiger partial charge >= 0.3 is 0 Å². The number of imidazole rings is 1. The highest BCUT2D eigenvalue weighted by Crippen LogP contribution is 2.28. The van der Waals surface area contributed by atoms with Crippen LogP contribution in [0.3, 0.4) is 0 Å². The summed E-state index contributed by atoms with van der Waals surface area (Å²) in [7, 11) is 0. The Kier molecular flexibility index (Phi) is 5.30. The zero-order valence-electron chi connectivity index (χ0n) is 16.8. The predicted octanol–water partition coefficient (Wildman–Crippen LogP) is 4.53. The van der Waals surface area contributed by atoms with Crippen molar-refractivity contribution in [1.29, 1.82) is 0 Å². The first-order valence-corrected chi connectivity index (χ1v) is 9.58. The van der Waals surface area contributed by atoms with E-state index in [0.717, 1.165) is 22.5 Å². The summed E-state index contributed by atoms with van der Waals surface area (Å²) in [5.74, 6) is 0.232. The number of anilines is 1. The second-order valence-corrected chi connectivity index (χ2v) is 7.01. The number of fused-ring (bicyclic) bond motifs is 1. The number of rotatable bonds is 6. The zero-order valence-corrected chi connectivity index (χ0v) is 16.8. The smallest absolute Gasteiger partial charge is 0.262 e. The van der Waals surface area contributed by atoms with Crippen molar-refractivity contribution in [3.8, 4) is 17.0 Å². The lowest BCUT2D eigenvalue weighted by Gasteiger charge is -2.10. The first kappa shape index (κ1) is 19.4. The van der Waals surface area contributed by atoms with Gasteiger partial charge in [-0.1, -0.05) is 24.3 Å². The Bertz CT molecular complexity index is 1230. The first-order chi connectivity index (χ1) is 14.5. The molecule has 4 rings (SSSR count). The Morgan fingerprint density at radius 1 is 1.03 bits per heavy atom. The highest BCUT2D eigenvalue weighted by molar-refractivity contribution is 5.96. The summed E-state index contributed by atoms with van der Waals surface area (Å²) in [4.78, 5) is 28.5. The van der Waals surface area contributed by atoms with E-state index in [1.54, 1.807) is 24.3 Å². The van der Waals surface area contributed by atoms with Crippen LogP contribution in [0.1, 0.15) is 22.8 Å². The van der Waals surface area contributed by atoms with Crippen molar-refractivity contribution < 1.29 is 14.3 Å². The molecule has 0 bridgehead atoms. The SMILES string of the molecule is CC(=O)c1ccc(OCC(=O)Nc2ccccc2-c2cn3cccc(C)c3n2)cc1. The van der Waals surface area contributed by atoms with Gasteiger partial charge in [-0.25, -0.2) is 4.98 Å². The zero-order chi connectivity index (χ0) is 21.1. The van der Waals surface area contributed by atoms with E-state index in [1.165, 1.54) is 6.92 Å². The van der Waals surface area contributed by atoms with Gasteiger partial charge in [0, 0.05) is 23.5 Å². The van der Waals surface area contributed by atoms with Crippen LogP contribution in [0.4, 0.5) is 5.69 Å². The number of carbonyl (C=O) groups is 2. The molecular weight excluding hydrogens is 378 g/mol. The first-order valence-electron chi connectivity index (χ1n) is 9.58. The minimum Gasteiger partial charge on any atom is -0.484 e. The largest absolute Gasteiger partial charge is 0.484 e. The number of ether oxygens (including phenoxy) is 1. The van der Waals surface area contributed by atoms with Crippen molar-refractivity contribution in [2.45, 2.75) is 13.8 Å². The Balaban J connectivity index is 1.49. The number of pyridine rings is 1. The number of hydrogen-bond donors (Lipinski definition) is 1. The Morgan fingerprint density at radius 3 is 2.53 bits per heavy atom. The summed E-state index contributed by atoms with van der Waals surface area (Å²) in [6.07, 6.45) is 3.89. The molecule has 0 aliphatic heterocycles. The summed E-state index contributed by atoms with van der Waals surface area (Å²) >= 11 is 0. The van der Waals surface area contributed by atoms with Gasteiger partial charge in [0.1, 0.15) is 11.4 Å². The van der Waals surface area contributed by atoms with E-state index >= 15 is 0 Å². The van der Waals surface area contributed by atoms with E-state index in [9.17, 15) is 9.59 Å². The Labute approximate surface area is 174 Å². The molecule has 6 nitrogen and oxygen atoms in total. The van der Waals surface area contributed by atoms with Crippen molar-refractivity contribution in [1.82, 2.24) is 9.38 Å². The summed E-state index contributed by atoms with van der Waals surface area (Å²) in [6.45, 7) is 3.38. The average molecular weight is 399 g/mol. The number of nitrogens with zero attached hydrogens (tertiary/aromatic N) is 2. The van der Waals surface area contributed by atoms with Crippen LogP contribution >= 0.6 is 0 Å². The normalized spacial score (nSPS) is 10.7. The lowest BCUT2D eigenvalue weighted by Crippen LogP contribution is -2.20. The van der Waals surface area contributed by atoms with E-state index in [2.05, 4.69) is 5.32 Å². The highest BCUT2D eigenvalue weighted by atomic mass is 16.5. The number of hydrogen-bond acceptors (Lipinski definition) is 4. The predicted molar refractivity (Wildman–Crippen MR) is 116 cm³/mol. The third kappa shape index (κ3) is 4.07. The van der Waals surface area contributed by atoms with Gasteiger partial charge in [-0.15, -0.1) is 0 Å². The fourth-order valence-corrected chi connectivity index (χ4v) is 3.22. The van der Waals surface area contributed by atoms with E-state index < -0.39 is 0 Å². The molecule has 0 spiro atoms. The van der Waals surface area contributed by atoms with Gasteiger partial charge in [-0.3, -0.25) is 9.59 Å². The van der Waals surface area contributed by atoms with E-state index in [1.807, 2.05) is 60.1 Å². The quantitative estimate of drug-likeness (QED) is 0.484. The van der Waals surface area contributed by atoms with Crippen molar-refractivity contribution in [2.24, 2.45) is 0 Å². The van der Waals surface area contributed by atoms with Crippen LogP contribution in [-0.2, 0) is 4.79 Å². The minimum absolute atomic E-state index is 0.0157. The number of para-hydroxylation sites is 1. The van der Waals surface area contributed by atoms with Gasteiger partial charge in [0.2, 0.25) is 0 Å². The fraction of sp³-hybridized carbons (Fsp3) is 0.125. The maximum absolute atomic E-state index is 12.5. The third-order valence-corrected chi connectivity index (χ3v) is 4.79. The number of ketones is 1. The van der Waals surface area contributed by atoms with E-state index in [-0.39, 0.29) is 18.3 Å². The average Bonchev–Trinajstić information content (AvgIpc) is 3.18. The molecule has 0 fully saturated rings. The topological polar surface area (TPSA) is 72.7 Å². The lowest BCUT2D eigenvalue weighted by atomic mass is 10.1. The standard InChI is InChI=1S/C24H21N3O3/c1-16-6-5-13-27-14-22(26-24(16)27)20-7-3-4-8-21(20)25-23(29)15-30-19-11-9-18(10-12-19)17(2)28/h3-14H,15H2,1-2H3,(H,25,29). The molecule has 0 aliphatic carbocycles. The number of Topliss-reactive ketones (excluding diaryl/α,β-unsaturated/α-hetero) is 1. The second-order valence-electron chi connectivity index (χ2n) is 7.01. The van der Waals surface area contributed by atoms with Gasteiger partial charge in [-0.2, -0.15) is 0 Å². The summed E-state index contributed by atoms with van der Waals surface area (Å²) in [5, 5.41) is 2.90. The van der Waals surface area contributed by atoms with Crippen LogP contribution in [0.2, 0.25) is 0 Å². The molecule has 0 unspecified atom stereocenters. The number of aromatic nitrogens is 2. The molecule has 1 amide bonds. The number of aryl methyl sites for hydroxylation is 1. The van der Waals surface area contributed by atoms with Gasteiger partial charge in [0.05, 0.1) is 11.4 Å². The van der Waals surface area contributed by atoms with Gasteiger partial charge < -0.3 is 14.5 Å². The number of carbonyl (C=O) groups excluding carboxylic acids is 2. The van der Waals surface area contributed by atoms with Crippen molar-refractivity contribution in [3.63, 3.8) is 0 Å². The molecule has 4 aromatic rings. The number of nitrogens with one attached hydrogen (secondary N) is 1. The highest BCUT2D eigenvalue weighted by Gasteiger charge is 2.12. The minimum atomic E-state index is -0.280. The molecule has 6 heteroatoms. The van der Waals surface area contributed by atoms with Gasteiger partial charge in [-0.05, 0) is 55.8 Å². The summed E-state index contributed by atoms with van der Waals surface area (Å²) in [5.41, 5.74) is 4.84. The maximum Gasteiger partial charge on any atom is 0.262 e. The van der Waals surface area contributed by atoms with E-state index in [0.29, 0.717) is 17.0 Å². The van der Waals surface area contributed by atoms with Crippen molar-refractivity contribution in [2.75, 3.05) is 11.9 Å². The van der Waals surface area contributed by atoms with Crippen LogP contribution in [0.5, 0.6) is 5.75 Å². The lowest BCUT2D eigenvalue weighted by molar-refractivity contribution is -0.118. The molecule has 30 heavy (non-hydrogen) atoms. The number of benzene rings is 2. The fourth-order valence-electron chi connectivity index (χ4n) is 3.22. The molecule has 0 atom stereocenters. The molecule has 2 aromatic carbocycles. The molecular formula is C24H21N3O3. The summed E-state index contributed by atoms with van der Waals surface area (Å²) in [6, 6.07) is 18.2. The Hall–Kier alpha value is -3.93. The van der Waals surface area contributed by atoms with Crippen LogP contribution in [0.15, 0.2) is 73.1 Å². The van der Waals surface area contributed by atoms with Crippen molar-refractivity contribution in [3.05, 3.63) is 84.2 Å². The van der Waals surface area contributed by atoms with Crippen LogP contribution in [-0.4, -0.2) is 27.7 Å². The molecule has 2 heterocycles. The molecule has 150 valence electrons. The molecule has 0 saturated heterocycles. The van der Waals surface area contributed by atoms with E-state index in [4.69, 9.17) is 9.72 Å². The van der Waals surface area contributed by atoms with Gasteiger partial charge in [0.25, 0.3) is 5.91 Å². The molecule has 2 aromatic heterocycles. The second kappa shape index (κ2) is 8.21. The molecule has 1 N–H and O–H groups in total. The third-order valence-electron chi connectivity index (χ3n) is 4.79. The Morgan fingerprint density at radius 2 is 1.80 bits per heavy atom. The maximum atomic E-state index is 12.5. The molecule has 0 saturated carbocycles. The van der Waals surface area contributed by atoms with Crippen LogP contribution in [0.25, 0.3) is 16.9 Å².